The number of hydrogen-bond acceptors (Lipinski definition) is 3. The number of rotatable bonds is 4. The summed E-state index contributed by atoms with van der Waals surface area (Å²) in [7, 11) is 1.85. The second-order valence-electron chi connectivity index (χ2n) is 5.80. The summed E-state index contributed by atoms with van der Waals surface area (Å²) in [5.74, 6) is 2.21. The van der Waals surface area contributed by atoms with Gasteiger partial charge in [-0.15, -0.1) is 0 Å². The van der Waals surface area contributed by atoms with E-state index in [4.69, 9.17) is 10.5 Å². The Morgan fingerprint density at radius 1 is 1.38 bits per heavy atom. The number of anilines is 1. The van der Waals surface area contributed by atoms with Gasteiger partial charge in [-0.1, -0.05) is 6.42 Å². The third-order valence-corrected chi connectivity index (χ3v) is 4.74. The molecule has 0 saturated heterocycles. The number of aromatic nitrogens is 2. The minimum Gasteiger partial charge on any atom is -0.491 e. The fourth-order valence-electron chi connectivity index (χ4n) is 2.59. The lowest BCUT2D eigenvalue weighted by Crippen LogP contribution is -2.19. The van der Waals surface area contributed by atoms with Gasteiger partial charge in [-0.2, -0.15) is 5.10 Å². The quantitative estimate of drug-likeness (QED) is 0.909. The van der Waals surface area contributed by atoms with Crippen LogP contribution in [-0.2, 0) is 7.05 Å². The van der Waals surface area contributed by atoms with Crippen LogP contribution in [0.3, 0.4) is 0 Å². The number of nitrogen functional groups attached to an aromatic ring is 1. The van der Waals surface area contributed by atoms with Gasteiger partial charge < -0.3 is 10.5 Å². The molecule has 1 aromatic carbocycles. The van der Waals surface area contributed by atoms with Gasteiger partial charge in [0.1, 0.15) is 11.6 Å². The summed E-state index contributed by atoms with van der Waals surface area (Å²) in [4.78, 5) is 0. The molecule has 112 valence electrons. The van der Waals surface area contributed by atoms with Crippen molar-refractivity contribution in [1.82, 2.24) is 9.78 Å². The predicted octanol–water partition coefficient (Wildman–Crippen LogP) is 3.92. The second kappa shape index (κ2) is 5.72. The lowest BCUT2D eigenvalue weighted by Gasteiger charge is -2.26. The van der Waals surface area contributed by atoms with Gasteiger partial charge in [0, 0.05) is 18.2 Å². The molecule has 4 nitrogen and oxygen atoms in total. The highest BCUT2D eigenvalue weighted by Crippen LogP contribution is 2.40. The molecule has 2 N–H and O–H groups in total. The molecular weight excluding hydrogens is 330 g/mol. The summed E-state index contributed by atoms with van der Waals surface area (Å²) in [5.41, 5.74) is 9.22. The molecule has 1 saturated carbocycles. The van der Waals surface area contributed by atoms with E-state index in [-0.39, 0.29) is 0 Å². The predicted molar refractivity (Wildman–Crippen MR) is 88.3 cm³/mol. The van der Waals surface area contributed by atoms with Gasteiger partial charge in [0.25, 0.3) is 0 Å². The summed E-state index contributed by atoms with van der Waals surface area (Å²) < 4.78 is 8.76. The van der Waals surface area contributed by atoms with Gasteiger partial charge >= 0.3 is 0 Å². The molecule has 0 spiro atoms. The van der Waals surface area contributed by atoms with Crippen molar-refractivity contribution in [3.05, 3.63) is 28.4 Å². The van der Waals surface area contributed by atoms with Crippen molar-refractivity contribution < 1.29 is 4.74 Å². The number of nitrogens with two attached hydrogens (primary N) is 1. The molecule has 1 fully saturated rings. The largest absolute Gasteiger partial charge is 0.491 e. The Labute approximate surface area is 133 Å². The van der Waals surface area contributed by atoms with Crippen LogP contribution in [0.5, 0.6) is 5.75 Å². The van der Waals surface area contributed by atoms with E-state index in [1.54, 1.807) is 10.9 Å². The van der Waals surface area contributed by atoms with Crippen molar-refractivity contribution in [2.24, 2.45) is 13.0 Å². The lowest BCUT2D eigenvalue weighted by molar-refractivity contribution is 0.180. The fourth-order valence-corrected chi connectivity index (χ4v) is 3.28. The fraction of sp³-hybridized carbons (Fsp3) is 0.438. The highest BCUT2D eigenvalue weighted by Gasteiger charge is 2.21. The van der Waals surface area contributed by atoms with Gasteiger partial charge in [-0.25, -0.2) is 0 Å². The minimum absolute atomic E-state index is 0.654. The smallest absolute Gasteiger partial charge is 0.141 e. The zero-order chi connectivity index (χ0) is 15.0. The van der Waals surface area contributed by atoms with Gasteiger partial charge in [0.15, 0.2) is 0 Å². The number of nitrogens with zero attached hydrogens (tertiary/aromatic N) is 2. The Bertz CT molecular complexity index is 662. The summed E-state index contributed by atoms with van der Waals surface area (Å²) in [6.45, 7) is 2.84. The van der Waals surface area contributed by atoms with Crippen molar-refractivity contribution >= 4 is 21.7 Å². The van der Waals surface area contributed by atoms with Crippen LogP contribution >= 0.6 is 15.9 Å². The van der Waals surface area contributed by atoms with Gasteiger partial charge in [0.2, 0.25) is 0 Å². The zero-order valence-corrected chi connectivity index (χ0v) is 14.0. The van der Waals surface area contributed by atoms with Crippen LogP contribution in [0.15, 0.2) is 22.8 Å². The molecule has 0 radical (unpaired) electrons. The van der Waals surface area contributed by atoms with E-state index in [2.05, 4.69) is 40.1 Å². The third kappa shape index (κ3) is 2.79. The van der Waals surface area contributed by atoms with Crippen LogP contribution in [0, 0.1) is 12.8 Å². The van der Waals surface area contributed by atoms with Gasteiger partial charge in [-0.05, 0) is 59.3 Å². The molecule has 0 amide bonds. The SMILES string of the molecule is Cc1cc(Br)c(OCC2CCC2)c(-c2cnn(C)c2N)c1. The molecule has 1 aromatic heterocycles. The van der Waals surface area contributed by atoms with Crippen molar-refractivity contribution in [2.75, 3.05) is 12.3 Å². The van der Waals surface area contributed by atoms with E-state index in [1.165, 1.54) is 19.3 Å². The standard InChI is InChI=1S/C16H20BrN3O/c1-10-6-12(13-8-19-20(2)16(13)18)15(14(17)7-10)21-9-11-4-3-5-11/h6-8,11H,3-5,9,18H2,1-2H3. The summed E-state index contributed by atoms with van der Waals surface area (Å²) in [6, 6.07) is 4.18. The maximum atomic E-state index is 6.13. The molecule has 0 atom stereocenters. The highest BCUT2D eigenvalue weighted by molar-refractivity contribution is 9.10. The van der Waals surface area contributed by atoms with Crippen LogP contribution in [-0.4, -0.2) is 16.4 Å². The molecule has 1 heterocycles. The molecule has 21 heavy (non-hydrogen) atoms. The second-order valence-corrected chi connectivity index (χ2v) is 6.65. The Morgan fingerprint density at radius 3 is 2.71 bits per heavy atom. The van der Waals surface area contributed by atoms with Gasteiger partial charge in [0.05, 0.1) is 17.3 Å². The minimum atomic E-state index is 0.654. The van der Waals surface area contributed by atoms with Crippen molar-refractivity contribution in [3.8, 4) is 16.9 Å². The maximum absolute atomic E-state index is 6.13. The average Bonchev–Trinajstić information content (AvgIpc) is 2.70. The first kappa shape index (κ1) is 14.4. The Balaban J connectivity index is 1.98. The zero-order valence-electron chi connectivity index (χ0n) is 12.4. The van der Waals surface area contributed by atoms with E-state index >= 15 is 0 Å². The van der Waals surface area contributed by atoms with Crippen molar-refractivity contribution in [1.29, 1.82) is 0 Å². The number of hydrogen-bond donors (Lipinski definition) is 1. The highest BCUT2D eigenvalue weighted by atomic mass is 79.9. The summed E-state index contributed by atoms with van der Waals surface area (Å²) >= 11 is 3.62. The molecule has 0 aliphatic heterocycles. The number of benzene rings is 1. The third-order valence-electron chi connectivity index (χ3n) is 4.15. The summed E-state index contributed by atoms with van der Waals surface area (Å²) in [6.07, 6.45) is 5.67. The molecule has 2 aromatic rings. The first-order valence-electron chi connectivity index (χ1n) is 7.27. The van der Waals surface area contributed by atoms with Crippen molar-refractivity contribution in [3.63, 3.8) is 0 Å². The number of aryl methyl sites for hydroxylation is 2. The Hall–Kier alpha value is -1.49. The maximum Gasteiger partial charge on any atom is 0.141 e. The van der Waals surface area contributed by atoms with Crippen LogP contribution in [0.4, 0.5) is 5.82 Å². The Morgan fingerprint density at radius 2 is 2.14 bits per heavy atom. The van der Waals surface area contributed by atoms with E-state index in [1.807, 2.05) is 7.05 Å². The molecule has 0 bridgehead atoms. The molecule has 0 unspecified atom stereocenters. The van der Waals surface area contributed by atoms with Crippen LogP contribution in [0.2, 0.25) is 0 Å². The lowest BCUT2D eigenvalue weighted by atomic mass is 9.86. The van der Waals surface area contributed by atoms with Gasteiger partial charge in [-0.3, -0.25) is 4.68 Å². The summed E-state index contributed by atoms with van der Waals surface area (Å²) in [5, 5.41) is 4.24. The van der Waals surface area contributed by atoms with E-state index in [0.29, 0.717) is 11.7 Å². The Kier molecular flexibility index (Phi) is 3.93. The molecular formula is C16H20BrN3O. The molecule has 1 aliphatic carbocycles. The molecule has 3 rings (SSSR count). The van der Waals surface area contributed by atoms with Crippen LogP contribution < -0.4 is 10.5 Å². The molecule has 1 aliphatic rings. The number of halogens is 1. The van der Waals surface area contributed by atoms with E-state index < -0.39 is 0 Å². The molecule has 5 heteroatoms. The van der Waals surface area contributed by atoms with Crippen LogP contribution in [0.25, 0.3) is 11.1 Å². The topological polar surface area (TPSA) is 53.1 Å². The average molecular weight is 350 g/mol. The number of ether oxygens (including phenoxy) is 1. The monoisotopic (exact) mass is 349 g/mol. The van der Waals surface area contributed by atoms with Crippen LogP contribution in [0.1, 0.15) is 24.8 Å². The first-order valence-corrected chi connectivity index (χ1v) is 8.06. The van der Waals surface area contributed by atoms with Crippen molar-refractivity contribution in [2.45, 2.75) is 26.2 Å². The van der Waals surface area contributed by atoms with E-state index in [0.717, 1.165) is 33.5 Å². The van der Waals surface area contributed by atoms with E-state index in [9.17, 15) is 0 Å². The first-order chi connectivity index (χ1) is 10.1. The normalized spacial score (nSPS) is 15.0.